The largest absolute Gasteiger partial charge is 0.147 e. The minimum absolute atomic E-state index is 0. The van der Waals surface area contributed by atoms with Crippen LogP contribution in [0.3, 0.4) is 0 Å². The fourth-order valence-corrected chi connectivity index (χ4v) is 40.9. The van der Waals surface area contributed by atoms with Gasteiger partial charge in [-0.25, -0.2) is 0 Å². The van der Waals surface area contributed by atoms with Crippen molar-refractivity contribution in [1.82, 2.24) is 0 Å². The van der Waals surface area contributed by atoms with Crippen molar-refractivity contribution >= 4 is 38.4 Å². The second-order valence-corrected chi connectivity index (χ2v) is 40.1. The molecule has 0 N–H and O–H groups in total. The summed E-state index contributed by atoms with van der Waals surface area (Å²) in [5.74, 6) is 0. The van der Waals surface area contributed by atoms with Gasteiger partial charge in [-0.3, -0.25) is 0 Å². The van der Waals surface area contributed by atoms with Crippen LogP contribution in [0, 0.1) is 0 Å². The molecule has 34 heavy (non-hydrogen) atoms. The molecule has 0 spiro atoms. The summed E-state index contributed by atoms with van der Waals surface area (Å²) in [6, 6.07) is 23.4. The van der Waals surface area contributed by atoms with Crippen LogP contribution in [0.25, 0.3) is 0 Å². The van der Waals surface area contributed by atoms with Gasteiger partial charge >= 0.3 is 199 Å². The van der Waals surface area contributed by atoms with E-state index in [2.05, 4.69) is 106 Å². The Balaban J connectivity index is 0.00000204. The Morgan fingerprint density at radius 1 is 0.647 bits per heavy atom. The van der Waals surface area contributed by atoms with Crippen molar-refractivity contribution in [2.24, 2.45) is 0 Å². The molecule has 4 heteroatoms. The van der Waals surface area contributed by atoms with Gasteiger partial charge < -0.3 is 0 Å². The van der Waals surface area contributed by atoms with Gasteiger partial charge in [0.25, 0.3) is 0 Å². The van der Waals surface area contributed by atoms with E-state index < -0.39 is 17.1 Å². The van der Waals surface area contributed by atoms with E-state index in [-0.39, 0.29) is 24.8 Å². The van der Waals surface area contributed by atoms with Crippen LogP contribution in [0.4, 0.5) is 0 Å². The van der Waals surface area contributed by atoms with Gasteiger partial charge in [-0.2, -0.15) is 0 Å². The molecule has 0 bridgehead atoms. The molecule has 2 aliphatic rings. The van der Waals surface area contributed by atoms with Gasteiger partial charge in [0.2, 0.25) is 0 Å². The van der Waals surface area contributed by atoms with E-state index in [1.165, 1.54) is 38.5 Å². The second-order valence-electron chi connectivity index (χ2n) is 9.62. The summed E-state index contributed by atoms with van der Waals surface area (Å²) in [4.78, 5) is 0. The maximum Gasteiger partial charge on any atom is -0.147 e. The zero-order valence-electron chi connectivity index (χ0n) is 20.8. The van der Waals surface area contributed by atoms with Crippen LogP contribution in [-0.4, -0.2) is 6.94 Å². The SMILES string of the molecule is CCCCC1=[C]([Hf](=[SiH2])([C]2=C(CCCC)C=CC2)([c]2ccccc2)[c]2ccccc2)CC=C1.Cl.Cl. The number of benzene rings is 2. The van der Waals surface area contributed by atoms with Crippen LogP contribution in [0.15, 0.2) is 103 Å². The zero-order valence-corrected chi connectivity index (χ0v) is 27.4. The molecule has 0 unspecified atom stereocenters. The second kappa shape index (κ2) is 12.9. The molecule has 0 nitrogen and oxygen atoms in total. The van der Waals surface area contributed by atoms with Crippen molar-refractivity contribution in [3.63, 3.8) is 0 Å². The molecule has 0 aromatic heterocycles. The third-order valence-corrected chi connectivity index (χ3v) is 46.4. The predicted octanol–water partition coefficient (Wildman–Crippen LogP) is 7.53. The first-order valence-corrected chi connectivity index (χ1v) is 28.1. The Morgan fingerprint density at radius 2 is 1.03 bits per heavy atom. The molecule has 4 rings (SSSR count). The number of hydrogen-bond acceptors (Lipinski definition) is 0. The van der Waals surface area contributed by atoms with E-state index in [9.17, 15) is 0 Å². The van der Waals surface area contributed by atoms with E-state index >= 15 is 0 Å². The molecule has 0 aliphatic heterocycles. The van der Waals surface area contributed by atoms with Gasteiger partial charge in [-0.1, -0.05) is 0 Å². The molecule has 0 heterocycles. The van der Waals surface area contributed by atoms with Gasteiger partial charge in [0.1, 0.15) is 0 Å². The van der Waals surface area contributed by atoms with Gasteiger partial charge in [-0.05, 0) is 0 Å². The Bertz CT molecular complexity index is 1050. The Kier molecular flexibility index (Phi) is 11.1. The van der Waals surface area contributed by atoms with Crippen molar-refractivity contribution in [3.8, 4) is 0 Å². The van der Waals surface area contributed by atoms with Gasteiger partial charge in [0, 0.05) is 0 Å². The summed E-state index contributed by atoms with van der Waals surface area (Å²) in [5.41, 5.74) is 3.30. The van der Waals surface area contributed by atoms with Gasteiger partial charge in [-0.15, -0.1) is 24.8 Å². The molecular weight excluding hydrogens is 638 g/mol. The first-order valence-electron chi connectivity index (χ1n) is 12.6. The van der Waals surface area contributed by atoms with Crippen molar-refractivity contribution in [2.45, 2.75) is 65.2 Å². The molecule has 0 saturated carbocycles. The summed E-state index contributed by atoms with van der Waals surface area (Å²) in [5, 5.41) is 0. The van der Waals surface area contributed by atoms with Gasteiger partial charge in [0.05, 0.1) is 0 Å². The van der Waals surface area contributed by atoms with E-state index in [1.807, 2.05) is 6.66 Å². The zero-order chi connectivity index (χ0) is 22.5. The third-order valence-electron chi connectivity index (χ3n) is 7.81. The number of halogens is 2. The molecule has 182 valence electrons. The summed E-state index contributed by atoms with van der Waals surface area (Å²) < 4.78 is 6.90. The topological polar surface area (TPSA) is 0 Å². The number of unbranched alkanes of at least 4 members (excludes halogenated alkanes) is 2. The molecule has 0 atom stereocenters. The molecule has 0 amide bonds. The van der Waals surface area contributed by atoms with E-state index in [4.69, 9.17) is 0 Å². The summed E-state index contributed by atoms with van der Waals surface area (Å²) in [7, 11) is 0. The summed E-state index contributed by atoms with van der Waals surface area (Å²) in [6.45, 7) is 7.10. The number of allylic oxidation sites excluding steroid dienone is 8. The van der Waals surface area contributed by atoms with Gasteiger partial charge in [0.15, 0.2) is 0 Å². The van der Waals surface area contributed by atoms with Crippen LogP contribution < -0.4 is 6.64 Å². The standard InChI is InChI=1S/2C9H13.2C6H5.2ClH.Hf.H2Si/c2*1-2-3-6-9-7-4-5-8-9;2*1-2-4-6-5-3-1;;;;/h2*4,7H,2-3,5-6H2,1H3;2*1-5H;2*1H;;1H2. The fraction of sp³-hybridized carbons (Fsp3) is 0.333. The molecule has 0 saturated heterocycles. The molecule has 2 aromatic carbocycles. The normalized spacial score (nSPS) is 15.5. The average molecular weight is 678 g/mol. The molecule has 2 aliphatic carbocycles. The minimum Gasteiger partial charge on any atom is -0.147 e. The first-order chi connectivity index (χ1) is 15.6. The van der Waals surface area contributed by atoms with Crippen molar-refractivity contribution in [3.05, 3.63) is 103 Å². The maximum absolute atomic E-state index is 4.20. The molecule has 0 fully saturated rings. The molecule has 2 aromatic rings. The quantitative estimate of drug-likeness (QED) is 0.228. The van der Waals surface area contributed by atoms with E-state index in [0.29, 0.717) is 0 Å². The number of rotatable bonds is 10. The Labute approximate surface area is 222 Å². The Hall–Kier alpha value is -0.933. The van der Waals surface area contributed by atoms with Crippen molar-refractivity contribution in [2.75, 3.05) is 0 Å². The van der Waals surface area contributed by atoms with Crippen molar-refractivity contribution < 1.29 is 17.1 Å². The van der Waals surface area contributed by atoms with Crippen LogP contribution in [0.1, 0.15) is 65.2 Å². The fourth-order valence-electron chi connectivity index (χ4n) is 6.12. The maximum atomic E-state index is 2.48. The van der Waals surface area contributed by atoms with Crippen LogP contribution in [0.2, 0.25) is 0 Å². The molecule has 0 radical (unpaired) electrons. The minimum atomic E-state index is -4.20. The van der Waals surface area contributed by atoms with Crippen LogP contribution in [-0.2, 0) is 17.1 Å². The smallest absolute Gasteiger partial charge is 0.147 e. The monoisotopic (exact) mass is 678 g/mol. The Morgan fingerprint density at radius 3 is 1.38 bits per heavy atom. The first kappa shape index (κ1) is 29.3. The molecular formula is C30H40Cl2HfSi. The van der Waals surface area contributed by atoms with E-state index in [0.717, 1.165) is 12.8 Å². The van der Waals surface area contributed by atoms with Crippen LogP contribution >= 0.6 is 24.8 Å². The van der Waals surface area contributed by atoms with Crippen LogP contribution in [0.5, 0.6) is 0 Å². The summed E-state index contributed by atoms with van der Waals surface area (Å²) >= 11 is -4.20. The van der Waals surface area contributed by atoms with Crippen molar-refractivity contribution in [1.29, 1.82) is 0 Å². The summed E-state index contributed by atoms with van der Waals surface area (Å²) in [6.07, 6.45) is 19.7. The number of hydrogen-bond donors (Lipinski definition) is 0. The predicted molar refractivity (Wildman–Crippen MR) is 156 cm³/mol. The third kappa shape index (κ3) is 4.98. The average Bonchev–Trinajstić information content (AvgIpc) is 3.53. The van der Waals surface area contributed by atoms with E-state index in [1.54, 1.807) is 17.8 Å².